The van der Waals surface area contributed by atoms with Gasteiger partial charge in [0, 0.05) is 34.1 Å². The van der Waals surface area contributed by atoms with E-state index in [2.05, 4.69) is 29.4 Å². The van der Waals surface area contributed by atoms with Gasteiger partial charge in [-0.3, -0.25) is 9.78 Å². The third kappa shape index (κ3) is 14.7. The van der Waals surface area contributed by atoms with Gasteiger partial charge >= 0.3 is 0 Å². The molecule has 0 aromatic carbocycles. The van der Waals surface area contributed by atoms with Crippen LogP contribution in [0.3, 0.4) is 0 Å². The number of aryl methyl sites for hydroxylation is 1. The van der Waals surface area contributed by atoms with E-state index in [1.54, 1.807) is 17.5 Å². The van der Waals surface area contributed by atoms with Crippen molar-refractivity contribution < 1.29 is 40.2 Å². The Morgan fingerprint density at radius 2 is 1.51 bits per heavy atom. The number of aliphatic hydroxyl groups is 6. The first-order chi connectivity index (χ1) is 23.7. The van der Waals surface area contributed by atoms with Gasteiger partial charge in [-0.1, -0.05) is 90.0 Å². The number of nitrogens with one attached hydrogen (secondary N) is 1. The van der Waals surface area contributed by atoms with Crippen LogP contribution in [0.1, 0.15) is 121 Å². The molecule has 7 N–H and O–H groups in total. The van der Waals surface area contributed by atoms with Crippen LogP contribution in [0.15, 0.2) is 36.7 Å². The average molecular weight is 707 g/mol. The van der Waals surface area contributed by atoms with Crippen LogP contribution in [0.25, 0.3) is 10.4 Å². The Hall–Kier alpha value is -1.96. The van der Waals surface area contributed by atoms with Gasteiger partial charge in [0.15, 0.2) is 0 Å². The quantitative estimate of drug-likeness (QED) is 0.0698. The number of unbranched alkanes of at least 4 members (excludes halogenated alkanes) is 11. The molecule has 278 valence electrons. The highest BCUT2D eigenvalue weighted by Gasteiger charge is 2.43. The third-order valence-electron chi connectivity index (χ3n) is 9.69. The number of amides is 1. The Kier molecular flexibility index (Phi) is 19.9. The maximum atomic E-state index is 13.1. The second-order valence-electron chi connectivity index (χ2n) is 13.7. The van der Waals surface area contributed by atoms with E-state index in [0.717, 1.165) is 41.0 Å². The van der Waals surface area contributed by atoms with Crippen molar-refractivity contribution in [3.63, 3.8) is 0 Å². The summed E-state index contributed by atoms with van der Waals surface area (Å²) in [6.07, 6.45) is 11.6. The minimum atomic E-state index is -1.50. The van der Waals surface area contributed by atoms with Gasteiger partial charge in [0.1, 0.15) is 24.4 Å². The highest BCUT2D eigenvalue weighted by Crippen LogP contribution is 2.29. The van der Waals surface area contributed by atoms with E-state index in [4.69, 9.17) is 4.74 Å². The SMILES string of the molecule is CCCCCCCCCCCCCC[C@@H](O)[C@@H](O)[C@H](CC[C@H]1O[C@H](CO)[C@H](O)[C@H](O)[C@H]1O)NC(=O)CCCc1ccc(-c2cccnc2)s1. The van der Waals surface area contributed by atoms with Crippen molar-refractivity contribution in [2.24, 2.45) is 0 Å². The van der Waals surface area contributed by atoms with Gasteiger partial charge < -0.3 is 40.7 Å². The Balaban J connectivity index is 1.46. The van der Waals surface area contributed by atoms with Gasteiger partial charge in [-0.15, -0.1) is 11.3 Å². The lowest BCUT2D eigenvalue weighted by Gasteiger charge is -2.40. The zero-order valence-electron chi connectivity index (χ0n) is 29.4. The first-order valence-electron chi connectivity index (χ1n) is 18.7. The lowest BCUT2D eigenvalue weighted by Crippen LogP contribution is -2.59. The van der Waals surface area contributed by atoms with E-state index in [-0.39, 0.29) is 25.2 Å². The molecule has 10 nitrogen and oxygen atoms in total. The number of hydrogen-bond acceptors (Lipinski definition) is 10. The second kappa shape index (κ2) is 23.5. The molecule has 3 heterocycles. The number of ether oxygens (including phenoxy) is 1. The van der Waals surface area contributed by atoms with E-state index in [1.807, 2.05) is 18.3 Å². The third-order valence-corrected chi connectivity index (χ3v) is 10.9. The van der Waals surface area contributed by atoms with E-state index < -0.39 is 55.4 Å². The van der Waals surface area contributed by atoms with Crippen molar-refractivity contribution in [1.29, 1.82) is 0 Å². The summed E-state index contributed by atoms with van der Waals surface area (Å²) >= 11 is 1.67. The van der Waals surface area contributed by atoms with E-state index in [1.165, 1.54) is 57.8 Å². The maximum Gasteiger partial charge on any atom is 0.220 e. The molecule has 2 aromatic rings. The van der Waals surface area contributed by atoms with Crippen molar-refractivity contribution in [2.45, 2.75) is 171 Å². The molecular weight excluding hydrogens is 644 g/mol. The number of aliphatic hydroxyl groups excluding tert-OH is 6. The number of hydrogen-bond donors (Lipinski definition) is 7. The molecule has 1 aliphatic rings. The minimum Gasteiger partial charge on any atom is -0.394 e. The molecular formula is C38H62N2O8S. The van der Waals surface area contributed by atoms with Crippen LogP contribution in [-0.2, 0) is 16.0 Å². The Bertz CT molecular complexity index is 1150. The largest absolute Gasteiger partial charge is 0.394 e. The topological polar surface area (TPSA) is 173 Å². The summed E-state index contributed by atoms with van der Waals surface area (Å²) in [5, 5.41) is 65.5. The Morgan fingerprint density at radius 3 is 2.14 bits per heavy atom. The number of rotatable bonds is 25. The summed E-state index contributed by atoms with van der Waals surface area (Å²) in [6.45, 7) is 1.70. The van der Waals surface area contributed by atoms with Gasteiger partial charge in [-0.25, -0.2) is 0 Å². The molecule has 11 heteroatoms. The molecule has 0 bridgehead atoms. The lowest BCUT2D eigenvalue weighted by molar-refractivity contribution is -0.231. The zero-order chi connectivity index (χ0) is 35.4. The fraction of sp³-hybridized carbons (Fsp3) is 0.737. The fourth-order valence-electron chi connectivity index (χ4n) is 6.60. The maximum absolute atomic E-state index is 13.1. The molecule has 0 spiro atoms. The predicted molar refractivity (Wildman–Crippen MR) is 193 cm³/mol. The summed E-state index contributed by atoms with van der Waals surface area (Å²) < 4.78 is 5.65. The normalized spacial score (nSPS) is 22.9. The molecule has 0 unspecified atom stereocenters. The molecule has 49 heavy (non-hydrogen) atoms. The zero-order valence-corrected chi connectivity index (χ0v) is 30.2. The second-order valence-corrected chi connectivity index (χ2v) is 14.9. The molecule has 8 atom stereocenters. The molecule has 0 aliphatic carbocycles. The van der Waals surface area contributed by atoms with Gasteiger partial charge in [0.25, 0.3) is 0 Å². The fourth-order valence-corrected chi connectivity index (χ4v) is 7.64. The van der Waals surface area contributed by atoms with Crippen molar-refractivity contribution in [3.05, 3.63) is 41.5 Å². The Labute approximate surface area is 297 Å². The minimum absolute atomic E-state index is 0.126. The first-order valence-corrected chi connectivity index (χ1v) is 19.5. The number of nitrogens with zero attached hydrogens (tertiary/aromatic N) is 1. The first kappa shape index (κ1) is 41.5. The van der Waals surface area contributed by atoms with E-state index >= 15 is 0 Å². The van der Waals surface area contributed by atoms with Crippen molar-refractivity contribution in [2.75, 3.05) is 6.61 Å². The monoisotopic (exact) mass is 706 g/mol. The molecule has 3 rings (SSSR count). The number of carbonyl (C=O) groups excluding carboxylic acids is 1. The summed E-state index contributed by atoms with van der Waals surface area (Å²) in [6, 6.07) is 7.21. The van der Waals surface area contributed by atoms with Gasteiger partial charge in [-0.2, -0.15) is 0 Å². The number of aromatic nitrogens is 1. The smallest absolute Gasteiger partial charge is 0.220 e. The summed E-state index contributed by atoms with van der Waals surface area (Å²) in [5.74, 6) is -0.251. The number of pyridine rings is 1. The van der Waals surface area contributed by atoms with Crippen LogP contribution in [0.4, 0.5) is 0 Å². The van der Waals surface area contributed by atoms with Gasteiger partial charge in [-0.05, 0) is 50.3 Å². The number of carbonyl (C=O) groups is 1. The molecule has 0 radical (unpaired) electrons. The van der Waals surface area contributed by atoms with E-state index in [9.17, 15) is 35.4 Å². The van der Waals surface area contributed by atoms with Crippen LogP contribution in [0, 0.1) is 0 Å². The summed E-state index contributed by atoms with van der Waals surface area (Å²) in [5.41, 5.74) is 1.05. The van der Waals surface area contributed by atoms with Crippen molar-refractivity contribution >= 4 is 17.2 Å². The van der Waals surface area contributed by atoms with Crippen LogP contribution in [0.5, 0.6) is 0 Å². The average Bonchev–Trinajstić information content (AvgIpc) is 3.59. The standard InChI is InChI=1S/C38H62N2O8S/c1-2-3-4-5-6-7-8-9-10-11-12-13-18-30(42)35(44)29(21-22-31-36(45)38(47)37(46)32(26-41)48-31)40-34(43)19-14-17-28-20-23-33(49-28)27-16-15-24-39-25-27/h15-16,20,23-25,29-32,35-38,41-42,44-47H,2-14,17-19,21-22,26H2,1H3,(H,40,43)/t29-,30+,31+,32+,35-,36-,37-,38+/m0/s1. The van der Waals surface area contributed by atoms with Crippen molar-refractivity contribution in [3.8, 4) is 10.4 Å². The molecule has 2 aromatic heterocycles. The predicted octanol–water partition coefficient (Wildman–Crippen LogP) is 5.05. The van der Waals surface area contributed by atoms with E-state index in [0.29, 0.717) is 12.8 Å². The molecule has 1 fully saturated rings. The Morgan fingerprint density at radius 1 is 0.857 bits per heavy atom. The van der Waals surface area contributed by atoms with Gasteiger partial charge in [0.2, 0.25) is 5.91 Å². The lowest BCUT2D eigenvalue weighted by atomic mass is 9.90. The van der Waals surface area contributed by atoms with Crippen LogP contribution < -0.4 is 5.32 Å². The molecule has 1 saturated heterocycles. The number of thiophene rings is 1. The van der Waals surface area contributed by atoms with Crippen LogP contribution in [0.2, 0.25) is 0 Å². The van der Waals surface area contributed by atoms with Crippen LogP contribution >= 0.6 is 11.3 Å². The summed E-state index contributed by atoms with van der Waals surface area (Å²) in [4.78, 5) is 19.5. The molecule has 0 saturated carbocycles. The highest BCUT2D eigenvalue weighted by molar-refractivity contribution is 7.15. The molecule has 1 amide bonds. The molecule has 1 aliphatic heterocycles. The van der Waals surface area contributed by atoms with Crippen molar-refractivity contribution in [1.82, 2.24) is 10.3 Å². The van der Waals surface area contributed by atoms with Gasteiger partial charge in [0.05, 0.1) is 31.0 Å². The highest BCUT2D eigenvalue weighted by atomic mass is 32.1. The van der Waals surface area contributed by atoms with Crippen LogP contribution in [-0.4, -0.2) is 96.9 Å². The summed E-state index contributed by atoms with van der Waals surface area (Å²) in [7, 11) is 0.